The molecular formula is C13H18N2S. The van der Waals surface area contributed by atoms with Crippen LogP contribution in [0.15, 0.2) is 18.2 Å². The number of thiazole rings is 1. The zero-order valence-corrected chi connectivity index (χ0v) is 10.8. The fraction of sp³-hybridized carbons (Fsp3) is 0.462. The van der Waals surface area contributed by atoms with Crippen molar-refractivity contribution in [1.82, 2.24) is 4.98 Å². The van der Waals surface area contributed by atoms with Gasteiger partial charge in [0.25, 0.3) is 0 Å². The summed E-state index contributed by atoms with van der Waals surface area (Å²) in [6.07, 6.45) is 0. The Balaban J connectivity index is 2.50. The highest BCUT2D eigenvalue weighted by atomic mass is 32.1. The molecule has 1 aromatic carbocycles. The van der Waals surface area contributed by atoms with Crippen LogP contribution in [0.5, 0.6) is 0 Å². The molecule has 16 heavy (non-hydrogen) atoms. The molecule has 0 bridgehead atoms. The van der Waals surface area contributed by atoms with Gasteiger partial charge in [-0.25, -0.2) is 4.98 Å². The number of nitrogens with two attached hydrogens (primary N) is 1. The van der Waals surface area contributed by atoms with Crippen LogP contribution < -0.4 is 5.73 Å². The SMILES string of the molecule is Cc1cccc2sc(C(CN)C(C)C)nc12. The van der Waals surface area contributed by atoms with Gasteiger partial charge in [0.15, 0.2) is 0 Å². The maximum atomic E-state index is 5.83. The number of fused-ring (bicyclic) bond motifs is 1. The van der Waals surface area contributed by atoms with E-state index in [0.29, 0.717) is 18.4 Å². The van der Waals surface area contributed by atoms with Crippen molar-refractivity contribution in [3.05, 3.63) is 28.8 Å². The molecule has 0 saturated heterocycles. The summed E-state index contributed by atoms with van der Waals surface area (Å²) in [4.78, 5) is 4.74. The molecule has 1 aromatic heterocycles. The lowest BCUT2D eigenvalue weighted by Gasteiger charge is -2.15. The second kappa shape index (κ2) is 4.52. The summed E-state index contributed by atoms with van der Waals surface area (Å²) in [5.74, 6) is 0.933. The molecule has 1 heterocycles. The van der Waals surface area contributed by atoms with E-state index in [1.165, 1.54) is 15.3 Å². The van der Waals surface area contributed by atoms with Gasteiger partial charge in [-0.1, -0.05) is 26.0 Å². The smallest absolute Gasteiger partial charge is 0.0984 e. The summed E-state index contributed by atoms with van der Waals surface area (Å²) in [6.45, 7) is 7.20. The van der Waals surface area contributed by atoms with Gasteiger partial charge in [0.1, 0.15) is 0 Å². The second-order valence-corrected chi connectivity index (χ2v) is 5.62. The minimum absolute atomic E-state index is 0.386. The molecule has 1 unspecified atom stereocenters. The Hall–Kier alpha value is -0.930. The Bertz CT molecular complexity index is 488. The van der Waals surface area contributed by atoms with E-state index in [1.807, 2.05) is 0 Å². The fourth-order valence-electron chi connectivity index (χ4n) is 1.92. The van der Waals surface area contributed by atoms with Crippen molar-refractivity contribution in [2.75, 3.05) is 6.54 Å². The van der Waals surface area contributed by atoms with E-state index in [2.05, 4.69) is 39.0 Å². The van der Waals surface area contributed by atoms with Crippen LogP contribution in [-0.4, -0.2) is 11.5 Å². The van der Waals surface area contributed by atoms with Gasteiger partial charge < -0.3 is 5.73 Å². The van der Waals surface area contributed by atoms with Crippen LogP contribution in [0.3, 0.4) is 0 Å². The highest BCUT2D eigenvalue weighted by Gasteiger charge is 2.18. The van der Waals surface area contributed by atoms with Gasteiger partial charge in [0.2, 0.25) is 0 Å². The third kappa shape index (κ3) is 1.97. The lowest BCUT2D eigenvalue weighted by atomic mass is 9.97. The molecule has 3 heteroatoms. The second-order valence-electron chi connectivity index (χ2n) is 4.56. The van der Waals surface area contributed by atoms with Crippen molar-refractivity contribution >= 4 is 21.6 Å². The average Bonchev–Trinajstić information content (AvgIpc) is 2.63. The minimum Gasteiger partial charge on any atom is -0.330 e. The predicted octanol–water partition coefficient (Wildman–Crippen LogP) is 3.30. The lowest BCUT2D eigenvalue weighted by Crippen LogP contribution is -2.17. The summed E-state index contributed by atoms with van der Waals surface area (Å²) in [7, 11) is 0. The zero-order valence-electron chi connectivity index (χ0n) is 10.0. The largest absolute Gasteiger partial charge is 0.330 e. The fourth-order valence-corrected chi connectivity index (χ4v) is 3.25. The Morgan fingerprint density at radius 1 is 1.38 bits per heavy atom. The van der Waals surface area contributed by atoms with Crippen LogP contribution >= 0.6 is 11.3 Å². The molecule has 2 rings (SSSR count). The summed E-state index contributed by atoms with van der Waals surface area (Å²) in [6, 6.07) is 6.34. The standard InChI is InChI=1S/C13H18N2S/c1-8(2)10(7-14)13-15-12-9(3)5-4-6-11(12)16-13/h4-6,8,10H,7,14H2,1-3H3. The first-order chi connectivity index (χ1) is 7.63. The Labute approximate surface area is 101 Å². The van der Waals surface area contributed by atoms with Crippen LogP contribution in [0.25, 0.3) is 10.2 Å². The van der Waals surface area contributed by atoms with Crippen molar-refractivity contribution in [3.63, 3.8) is 0 Å². The molecule has 0 saturated carbocycles. The number of aromatic nitrogens is 1. The van der Waals surface area contributed by atoms with Gasteiger partial charge >= 0.3 is 0 Å². The van der Waals surface area contributed by atoms with Crippen LogP contribution in [0.2, 0.25) is 0 Å². The number of hydrogen-bond acceptors (Lipinski definition) is 3. The third-order valence-corrected chi connectivity index (χ3v) is 4.17. The molecule has 2 N–H and O–H groups in total. The summed E-state index contributed by atoms with van der Waals surface area (Å²) in [5.41, 5.74) is 8.22. The van der Waals surface area contributed by atoms with Gasteiger partial charge in [-0.05, 0) is 24.5 Å². The van der Waals surface area contributed by atoms with E-state index in [0.717, 1.165) is 5.52 Å². The number of aryl methyl sites for hydroxylation is 1. The predicted molar refractivity (Wildman–Crippen MR) is 71.0 cm³/mol. The highest BCUT2D eigenvalue weighted by molar-refractivity contribution is 7.18. The summed E-state index contributed by atoms with van der Waals surface area (Å²) >= 11 is 1.78. The molecule has 86 valence electrons. The normalized spacial score (nSPS) is 13.6. The molecule has 1 atom stereocenters. The monoisotopic (exact) mass is 234 g/mol. The maximum Gasteiger partial charge on any atom is 0.0984 e. The van der Waals surface area contributed by atoms with Crippen LogP contribution in [0, 0.1) is 12.8 Å². The lowest BCUT2D eigenvalue weighted by molar-refractivity contribution is 0.505. The van der Waals surface area contributed by atoms with E-state index >= 15 is 0 Å². The first-order valence-electron chi connectivity index (χ1n) is 5.69. The van der Waals surface area contributed by atoms with E-state index < -0.39 is 0 Å². The van der Waals surface area contributed by atoms with Gasteiger partial charge in [-0.3, -0.25) is 0 Å². The highest BCUT2D eigenvalue weighted by Crippen LogP contribution is 2.32. The number of hydrogen-bond donors (Lipinski definition) is 1. The number of para-hydroxylation sites is 1. The molecule has 0 radical (unpaired) electrons. The summed E-state index contributed by atoms with van der Waals surface area (Å²) in [5, 5.41) is 1.18. The molecule has 0 amide bonds. The molecule has 0 aliphatic rings. The van der Waals surface area contributed by atoms with Crippen molar-refractivity contribution in [2.45, 2.75) is 26.7 Å². The van der Waals surface area contributed by atoms with E-state index in [-0.39, 0.29) is 0 Å². The first kappa shape index (κ1) is 11.6. The van der Waals surface area contributed by atoms with Crippen molar-refractivity contribution in [3.8, 4) is 0 Å². The van der Waals surface area contributed by atoms with Gasteiger partial charge in [-0.15, -0.1) is 11.3 Å². The molecule has 2 nitrogen and oxygen atoms in total. The van der Waals surface area contributed by atoms with E-state index in [4.69, 9.17) is 10.7 Å². The van der Waals surface area contributed by atoms with Gasteiger partial charge in [0.05, 0.1) is 15.2 Å². The van der Waals surface area contributed by atoms with Crippen LogP contribution in [0.1, 0.15) is 30.3 Å². The molecule has 2 aromatic rings. The number of rotatable bonds is 3. The molecule has 0 fully saturated rings. The van der Waals surface area contributed by atoms with Crippen molar-refractivity contribution in [1.29, 1.82) is 0 Å². The molecule has 0 spiro atoms. The molecule has 0 aliphatic carbocycles. The third-order valence-electron chi connectivity index (χ3n) is 3.01. The molecular weight excluding hydrogens is 216 g/mol. The topological polar surface area (TPSA) is 38.9 Å². The first-order valence-corrected chi connectivity index (χ1v) is 6.51. The summed E-state index contributed by atoms with van der Waals surface area (Å²) < 4.78 is 1.27. The number of nitrogens with zero attached hydrogens (tertiary/aromatic N) is 1. The maximum absolute atomic E-state index is 5.83. The average molecular weight is 234 g/mol. The van der Waals surface area contributed by atoms with Crippen molar-refractivity contribution < 1.29 is 0 Å². The van der Waals surface area contributed by atoms with Crippen LogP contribution in [-0.2, 0) is 0 Å². The van der Waals surface area contributed by atoms with Gasteiger partial charge in [0, 0.05) is 12.5 Å². The Kier molecular flexibility index (Phi) is 3.26. The quantitative estimate of drug-likeness (QED) is 0.885. The Morgan fingerprint density at radius 3 is 2.69 bits per heavy atom. The van der Waals surface area contributed by atoms with Gasteiger partial charge in [-0.2, -0.15) is 0 Å². The van der Waals surface area contributed by atoms with E-state index in [1.54, 1.807) is 11.3 Å². The number of benzene rings is 1. The zero-order chi connectivity index (χ0) is 11.7. The minimum atomic E-state index is 0.386. The Morgan fingerprint density at radius 2 is 2.12 bits per heavy atom. The molecule has 0 aliphatic heterocycles. The van der Waals surface area contributed by atoms with Crippen LogP contribution in [0.4, 0.5) is 0 Å². The van der Waals surface area contributed by atoms with E-state index in [9.17, 15) is 0 Å². The van der Waals surface area contributed by atoms with Crippen molar-refractivity contribution in [2.24, 2.45) is 11.7 Å².